The molecule has 3 heteroatoms. The van der Waals surface area contributed by atoms with Crippen molar-refractivity contribution < 1.29 is 9.53 Å². The number of rotatable bonds is 2. The molecule has 72 valence electrons. The van der Waals surface area contributed by atoms with E-state index >= 15 is 0 Å². The highest BCUT2D eigenvalue weighted by molar-refractivity contribution is 5.90. The van der Waals surface area contributed by atoms with Gasteiger partial charge in [0, 0.05) is 11.6 Å². The van der Waals surface area contributed by atoms with Crippen LogP contribution in [-0.4, -0.2) is 13.0 Å². The molecule has 1 amide bonds. The Morgan fingerprint density at radius 1 is 1.36 bits per heavy atom. The highest BCUT2D eigenvalue weighted by Crippen LogP contribution is 2.27. The van der Waals surface area contributed by atoms with Crippen LogP contribution in [0.3, 0.4) is 0 Å². The Morgan fingerprint density at radius 3 is 2.79 bits per heavy atom. The molecule has 0 radical (unpaired) electrons. The van der Waals surface area contributed by atoms with Crippen molar-refractivity contribution in [3.63, 3.8) is 0 Å². The zero-order chi connectivity index (χ0) is 9.97. The number of para-hydroxylation sites is 1. The van der Waals surface area contributed by atoms with Crippen molar-refractivity contribution in [3.05, 3.63) is 42.0 Å². The summed E-state index contributed by atoms with van der Waals surface area (Å²) in [5.74, 6) is 0.741. The van der Waals surface area contributed by atoms with Gasteiger partial charge in [0.05, 0.1) is 13.2 Å². The second-order valence-corrected chi connectivity index (χ2v) is 3.09. The first-order chi connectivity index (χ1) is 6.81. The molecule has 0 aromatic heterocycles. The van der Waals surface area contributed by atoms with E-state index in [0.717, 1.165) is 11.3 Å². The smallest absolute Gasteiger partial charge is 0.244 e. The van der Waals surface area contributed by atoms with Crippen LogP contribution < -0.4 is 10.1 Å². The van der Waals surface area contributed by atoms with E-state index in [0.29, 0.717) is 0 Å². The molecule has 1 heterocycles. The van der Waals surface area contributed by atoms with Crippen molar-refractivity contribution in [2.45, 2.75) is 6.04 Å². The van der Waals surface area contributed by atoms with Crippen LogP contribution in [0.5, 0.6) is 5.75 Å². The van der Waals surface area contributed by atoms with Crippen LogP contribution in [0.15, 0.2) is 36.4 Å². The Bertz CT molecular complexity index is 385. The Morgan fingerprint density at radius 2 is 2.14 bits per heavy atom. The SMILES string of the molecule is COc1ccccc1C1C=CC(=O)N1. The molecule has 0 fully saturated rings. The molecule has 1 aliphatic rings. The molecule has 0 saturated heterocycles. The van der Waals surface area contributed by atoms with Gasteiger partial charge in [-0.2, -0.15) is 0 Å². The molecule has 0 aliphatic carbocycles. The van der Waals surface area contributed by atoms with Gasteiger partial charge >= 0.3 is 0 Å². The van der Waals surface area contributed by atoms with E-state index in [4.69, 9.17) is 4.74 Å². The van der Waals surface area contributed by atoms with Gasteiger partial charge in [-0.25, -0.2) is 0 Å². The maximum atomic E-state index is 11.0. The number of carbonyl (C=O) groups is 1. The van der Waals surface area contributed by atoms with E-state index in [1.165, 1.54) is 6.08 Å². The summed E-state index contributed by atoms with van der Waals surface area (Å²) in [6.07, 6.45) is 3.37. The molecule has 0 spiro atoms. The lowest BCUT2D eigenvalue weighted by Gasteiger charge is -2.13. The predicted molar refractivity (Wildman–Crippen MR) is 53.0 cm³/mol. The number of hydrogen-bond donors (Lipinski definition) is 1. The van der Waals surface area contributed by atoms with E-state index in [1.54, 1.807) is 7.11 Å². The fraction of sp³-hybridized carbons (Fsp3) is 0.182. The minimum absolute atomic E-state index is 0.0547. The largest absolute Gasteiger partial charge is 0.496 e. The van der Waals surface area contributed by atoms with E-state index in [-0.39, 0.29) is 11.9 Å². The minimum atomic E-state index is -0.0568. The van der Waals surface area contributed by atoms with Crippen molar-refractivity contribution in [2.75, 3.05) is 7.11 Å². The van der Waals surface area contributed by atoms with Crippen LogP contribution in [0.4, 0.5) is 0 Å². The summed E-state index contributed by atoms with van der Waals surface area (Å²) in [7, 11) is 1.62. The Hall–Kier alpha value is -1.77. The molecule has 3 nitrogen and oxygen atoms in total. The maximum absolute atomic E-state index is 11.0. The van der Waals surface area contributed by atoms with E-state index in [1.807, 2.05) is 30.3 Å². The van der Waals surface area contributed by atoms with Crippen LogP contribution in [0, 0.1) is 0 Å². The molecule has 1 N–H and O–H groups in total. The van der Waals surface area contributed by atoms with Gasteiger partial charge in [0.1, 0.15) is 5.75 Å². The number of methoxy groups -OCH3 is 1. The van der Waals surface area contributed by atoms with E-state index in [9.17, 15) is 4.79 Å². The molecular weight excluding hydrogens is 178 g/mol. The quantitative estimate of drug-likeness (QED) is 0.764. The number of hydrogen-bond acceptors (Lipinski definition) is 2. The highest BCUT2D eigenvalue weighted by atomic mass is 16.5. The third kappa shape index (κ3) is 1.48. The third-order valence-corrected chi connectivity index (χ3v) is 2.21. The van der Waals surface area contributed by atoms with Gasteiger partial charge in [-0.3, -0.25) is 4.79 Å². The average Bonchev–Trinajstić information content (AvgIpc) is 2.65. The van der Waals surface area contributed by atoms with Crippen LogP contribution in [0.2, 0.25) is 0 Å². The summed E-state index contributed by atoms with van der Waals surface area (Å²) in [6, 6.07) is 7.60. The normalized spacial score (nSPS) is 19.5. The summed E-state index contributed by atoms with van der Waals surface area (Å²) in [6.45, 7) is 0. The first kappa shape index (κ1) is 8.81. The zero-order valence-electron chi connectivity index (χ0n) is 7.86. The van der Waals surface area contributed by atoms with Crippen molar-refractivity contribution in [1.82, 2.24) is 5.32 Å². The summed E-state index contributed by atoms with van der Waals surface area (Å²) < 4.78 is 5.21. The molecule has 1 unspecified atom stereocenters. The van der Waals surface area contributed by atoms with Crippen LogP contribution in [-0.2, 0) is 4.79 Å². The summed E-state index contributed by atoms with van der Waals surface area (Å²) in [5.41, 5.74) is 0.983. The summed E-state index contributed by atoms with van der Waals surface area (Å²) in [4.78, 5) is 11.0. The van der Waals surface area contributed by atoms with Gasteiger partial charge in [-0.05, 0) is 6.07 Å². The van der Waals surface area contributed by atoms with Crippen LogP contribution in [0.25, 0.3) is 0 Å². The summed E-state index contributed by atoms with van der Waals surface area (Å²) >= 11 is 0. The molecule has 1 aliphatic heterocycles. The molecule has 1 aromatic rings. The first-order valence-electron chi connectivity index (χ1n) is 4.43. The third-order valence-electron chi connectivity index (χ3n) is 2.21. The lowest BCUT2D eigenvalue weighted by Crippen LogP contribution is -2.19. The molecule has 0 saturated carbocycles. The second-order valence-electron chi connectivity index (χ2n) is 3.09. The molecular formula is C11H11NO2. The van der Waals surface area contributed by atoms with Gasteiger partial charge < -0.3 is 10.1 Å². The van der Waals surface area contributed by atoms with Gasteiger partial charge in [0.25, 0.3) is 0 Å². The number of ether oxygens (including phenoxy) is 1. The lowest BCUT2D eigenvalue weighted by molar-refractivity contribution is -0.116. The molecule has 14 heavy (non-hydrogen) atoms. The van der Waals surface area contributed by atoms with Gasteiger partial charge in [0.15, 0.2) is 0 Å². The molecule has 0 bridgehead atoms. The van der Waals surface area contributed by atoms with Crippen molar-refractivity contribution in [3.8, 4) is 5.75 Å². The van der Waals surface area contributed by atoms with Crippen molar-refractivity contribution in [2.24, 2.45) is 0 Å². The molecule has 1 atom stereocenters. The van der Waals surface area contributed by atoms with Gasteiger partial charge in [-0.15, -0.1) is 0 Å². The van der Waals surface area contributed by atoms with Crippen molar-refractivity contribution >= 4 is 5.91 Å². The Labute approximate surface area is 82.4 Å². The number of nitrogens with one attached hydrogen (secondary N) is 1. The Kier molecular flexibility index (Phi) is 2.23. The first-order valence-corrected chi connectivity index (χ1v) is 4.43. The number of carbonyl (C=O) groups excluding carboxylic acids is 1. The fourth-order valence-corrected chi connectivity index (χ4v) is 1.54. The second kappa shape index (κ2) is 3.54. The van der Waals surface area contributed by atoms with Gasteiger partial charge in [0.2, 0.25) is 5.91 Å². The standard InChI is InChI=1S/C11H11NO2/c1-14-10-5-3-2-4-8(10)9-6-7-11(13)12-9/h2-7,9H,1H3,(H,12,13). The summed E-state index contributed by atoms with van der Waals surface area (Å²) in [5, 5.41) is 2.81. The van der Waals surface area contributed by atoms with Crippen LogP contribution >= 0.6 is 0 Å². The van der Waals surface area contributed by atoms with E-state index in [2.05, 4.69) is 5.32 Å². The predicted octanol–water partition coefficient (Wildman–Crippen LogP) is 1.42. The minimum Gasteiger partial charge on any atom is -0.496 e. The maximum Gasteiger partial charge on any atom is 0.244 e. The van der Waals surface area contributed by atoms with Crippen molar-refractivity contribution in [1.29, 1.82) is 0 Å². The topological polar surface area (TPSA) is 38.3 Å². The molecule has 1 aromatic carbocycles. The molecule has 2 rings (SSSR count). The Balaban J connectivity index is 2.32. The number of benzene rings is 1. The van der Waals surface area contributed by atoms with Gasteiger partial charge in [-0.1, -0.05) is 24.3 Å². The lowest BCUT2D eigenvalue weighted by atomic mass is 10.1. The van der Waals surface area contributed by atoms with Crippen LogP contribution in [0.1, 0.15) is 11.6 Å². The number of amides is 1. The average molecular weight is 189 g/mol. The fourth-order valence-electron chi connectivity index (χ4n) is 1.54. The monoisotopic (exact) mass is 189 g/mol. The van der Waals surface area contributed by atoms with E-state index < -0.39 is 0 Å². The highest BCUT2D eigenvalue weighted by Gasteiger charge is 2.18. The zero-order valence-corrected chi connectivity index (χ0v) is 7.86.